The van der Waals surface area contributed by atoms with Crippen LogP contribution in [-0.2, 0) is 37.4 Å². The van der Waals surface area contributed by atoms with Gasteiger partial charge in [0, 0.05) is 17.9 Å². The first kappa shape index (κ1) is 30.7. The van der Waals surface area contributed by atoms with Crippen LogP contribution in [0, 0.1) is 20.8 Å². The molecule has 0 aliphatic carbocycles. The van der Waals surface area contributed by atoms with Crippen LogP contribution in [0.15, 0.2) is 111 Å². The molecular formula is C35H34N2O6S. The van der Waals surface area contributed by atoms with Crippen LogP contribution >= 0.6 is 0 Å². The number of methoxy groups -OCH3 is 1. The number of ether oxygens (including phenoxy) is 1. The second-order valence-electron chi connectivity index (χ2n) is 10.9. The molecule has 0 N–H and O–H groups in total. The number of furan rings is 1. The summed E-state index contributed by atoms with van der Waals surface area (Å²) in [6, 6.07) is 25.2. The molecule has 2 heterocycles. The van der Waals surface area contributed by atoms with Gasteiger partial charge in [-0.05, 0) is 81.3 Å². The topological polar surface area (TPSA) is 97.1 Å². The Morgan fingerprint density at radius 2 is 1.52 bits per heavy atom. The largest absolute Gasteiger partial charge is 0.465 e. The van der Waals surface area contributed by atoms with Crippen LogP contribution in [0.4, 0.5) is 5.69 Å². The number of carbonyl (C=O) groups excluding carboxylic acids is 2. The molecule has 1 aliphatic rings. The first-order valence-corrected chi connectivity index (χ1v) is 15.6. The number of carbonyl (C=O) groups is 2. The molecule has 0 spiro atoms. The van der Waals surface area contributed by atoms with Gasteiger partial charge in [-0.15, -0.1) is 0 Å². The zero-order valence-corrected chi connectivity index (χ0v) is 26.1. The molecule has 1 aromatic heterocycles. The van der Waals surface area contributed by atoms with Crippen molar-refractivity contribution in [3.05, 3.63) is 136 Å². The molecule has 9 heteroatoms. The molecule has 4 aromatic rings. The molecule has 8 nitrogen and oxygen atoms in total. The highest BCUT2D eigenvalue weighted by Gasteiger charge is 2.38. The lowest BCUT2D eigenvalue weighted by Crippen LogP contribution is -2.30. The monoisotopic (exact) mass is 610 g/mol. The summed E-state index contributed by atoms with van der Waals surface area (Å²) >= 11 is 0. The maximum atomic E-state index is 13.8. The van der Waals surface area contributed by atoms with Crippen LogP contribution < -0.4 is 4.90 Å². The van der Waals surface area contributed by atoms with Crippen LogP contribution in [-0.4, -0.2) is 31.7 Å². The molecule has 3 aromatic carbocycles. The number of esters is 1. The predicted molar refractivity (Wildman–Crippen MR) is 169 cm³/mol. The van der Waals surface area contributed by atoms with Crippen LogP contribution in [0.1, 0.15) is 40.7 Å². The number of anilines is 1. The van der Waals surface area contributed by atoms with Crippen molar-refractivity contribution < 1.29 is 27.2 Å². The minimum atomic E-state index is -3.89. The summed E-state index contributed by atoms with van der Waals surface area (Å²) in [5.41, 5.74) is 5.16. The lowest BCUT2D eigenvalue weighted by atomic mass is 10.1. The Labute approximate surface area is 257 Å². The Hall–Kier alpha value is -4.73. The van der Waals surface area contributed by atoms with Crippen molar-refractivity contribution in [3.63, 3.8) is 0 Å². The number of allylic oxidation sites excluding steroid dienone is 1. The van der Waals surface area contributed by atoms with Crippen molar-refractivity contribution in [2.24, 2.45) is 0 Å². The third kappa shape index (κ3) is 6.29. The molecule has 0 fully saturated rings. The van der Waals surface area contributed by atoms with E-state index >= 15 is 0 Å². The van der Waals surface area contributed by atoms with Crippen molar-refractivity contribution in [1.29, 1.82) is 0 Å². The number of hydrogen-bond donors (Lipinski definition) is 0. The SMILES string of the molecule is COC(=O)C1=C(C)N(c2cccc(C)c2)C(=O)/C1=C/c1ccc(CN(Cc2ccc(C)cc2)S(=O)(=O)c2ccc(C)cc2)o1. The second kappa shape index (κ2) is 12.5. The smallest absolute Gasteiger partial charge is 0.340 e. The minimum Gasteiger partial charge on any atom is -0.465 e. The van der Waals surface area contributed by atoms with Crippen LogP contribution in [0.5, 0.6) is 0 Å². The van der Waals surface area contributed by atoms with E-state index in [2.05, 4.69) is 0 Å². The molecule has 44 heavy (non-hydrogen) atoms. The molecule has 0 atom stereocenters. The van der Waals surface area contributed by atoms with Gasteiger partial charge in [-0.1, -0.05) is 59.7 Å². The van der Waals surface area contributed by atoms with Gasteiger partial charge in [0.1, 0.15) is 11.5 Å². The second-order valence-corrected chi connectivity index (χ2v) is 12.8. The fraction of sp³-hybridized carbons (Fsp3) is 0.200. The van der Waals surface area contributed by atoms with Gasteiger partial charge in [0.2, 0.25) is 10.0 Å². The van der Waals surface area contributed by atoms with E-state index in [-0.39, 0.29) is 29.1 Å². The summed E-state index contributed by atoms with van der Waals surface area (Å²) in [6.45, 7) is 7.57. The molecule has 0 bridgehead atoms. The molecular weight excluding hydrogens is 576 g/mol. The zero-order chi connectivity index (χ0) is 31.6. The van der Waals surface area contributed by atoms with Gasteiger partial charge in [0.05, 0.1) is 29.7 Å². The van der Waals surface area contributed by atoms with Crippen LogP contribution in [0.25, 0.3) is 6.08 Å². The maximum absolute atomic E-state index is 13.8. The Balaban J connectivity index is 1.48. The van der Waals surface area contributed by atoms with Gasteiger partial charge < -0.3 is 9.15 Å². The summed E-state index contributed by atoms with van der Waals surface area (Å²) in [5, 5.41) is 0. The molecule has 0 unspecified atom stereocenters. The zero-order valence-electron chi connectivity index (χ0n) is 25.3. The van der Waals surface area contributed by atoms with Crippen molar-refractivity contribution in [2.75, 3.05) is 12.0 Å². The van der Waals surface area contributed by atoms with Gasteiger partial charge >= 0.3 is 5.97 Å². The minimum absolute atomic E-state index is 0.0463. The van der Waals surface area contributed by atoms with Gasteiger partial charge in [0.25, 0.3) is 5.91 Å². The van der Waals surface area contributed by atoms with Crippen molar-refractivity contribution in [2.45, 2.75) is 45.7 Å². The van der Waals surface area contributed by atoms with Gasteiger partial charge in [-0.25, -0.2) is 13.2 Å². The van der Waals surface area contributed by atoms with Crippen molar-refractivity contribution in [3.8, 4) is 0 Å². The van der Waals surface area contributed by atoms with Gasteiger partial charge in [-0.2, -0.15) is 4.31 Å². The fourth-order valence-corrected chi connectivity index (χ4v) is 6.51. The lowest BCUT2D eigenvalue weighted by Gasteiger charge is -2.21. The molecule has 0 saturated heterocycles. The van der Waals surface area contributed by atoms with E-state index in [1.165, 1.54) is 22.4 Å². The Morgan fingerprint density at radius 1 is 0.864 bits per heavy atom. The highest BCUT2D eigenvalue weighted by molar-refractivity contribution is 7.89. The van der Waals surface area contributed by atoms with E-state index in [1.54, 1.807) is 49.4 Å². The quantitative estimate of drug-likeness (QED) is 0.159. The van der Waals surface area contributed by atoms with Crippen molar-refractivity contribution >= 4 is 33.7 Å². The highest BCUT2D eigenvalue weighted by atomic mass is 32.2. The van der Waals surface area contributed by atoms with Gasteiger partial charge in [-0.3, -0.25) is 9.69 Å². The summed E-state index contributed by atoms with van der Waals surface area (Å²) < 4.78 is 40.0. The highest BCUT2D eigenvalue weighted by Crippen LogP contribution is 2.36. The predicted octanol–water partition coefficient (Wildman–Crippen LogP) is 6.47. The summed E-state index contributed by atoms with van der Waals surface area (Å²) in [7, 11) is -2.62. The molecule has 1 aliphatic heterocycles. The maximum Gasteiger partial charge on any atom is 0.340 e. The third-order valence-electron chi connectivity index (χ3n) is 7.49. The first-order chi connectivity index (χ1) is 21.0. The van der Waals surface area contributed by atoms with Gasteiger partial charge in [0.15, 0.2) is 0 Å². The normalized spacial score (nSPS) is 14.6. The number of nitrogens with zero attached hydrogens (tertiary/aromatic N) is 2. The van der Waals surface area contributed by atoms with Crippen LogP contribution in [0.3, 0.4) is 0 Å². The lowest BCUT2D eigenvalue weighted by molar-refractivity contribution is -0.136. The van der Waals surface area contributed by atoms with E-state index in [1.807, 2.05) is 63.2 Å². The van der Waals surface area contributed by atoms with E-state index in [4.69, 9.17) is 9.15 Å². The number of amides is 1. The van der Waals surface area contributed by atoms with Crippen molar-refractivity contribution in [1.82, 2.24) is 4.31 Å². The van der Waals surface area contributed by atoms with E-state index < -0.39 is 21.9 Å². The number of sulfonamides is 1. The Morgan fingerprint density at radius 3 is 2.16 bits per heavy atom. The Bertz CT molecular complexity index is 1880. The average Bonchev–Trinajstić information content (AvgIpc) is 3.54. The Kier molecular flexibility index (Phi) is 8.71. The summed E-state index contributed by atoms with van der Waals surface area (Å²) in [6.07, 6.45) is 1.50. The van der Waals surface area contributed by atoms with E-state index in [0.29, 0.717) is 22.9 Å². The standard InChI is InChI=1S/C35H34N2O6S/c1-23-9-13-27(14-10-23)21-36(44(40,41)31-17-11-24(2)12-18-31)22-30-16-15-29(43-30)20-32-33(35(39)42-5)26(4)37(34(32)38)28-8-6-7-25(3)19-28/h6-20H,21-22H2,1-5H3/b32-20+. The van der Waals surface area contributed by atoms with E-state index in [9.17, 15) is 18.0 Å². The molecule has 0 radical (unpaired) electrons. The summed E-state index contributed by atoms with van der Waals surface area (Å²) in [4.78, 5) is 28.1. The average molecular weight is 611 g/mol. The third-order valence-corrected chi connectivity index (χ3v) is 9.29. The van der Waals surface area contributed by atoms with Crippen LogP contribution in [0.2, 0.25) is 0 Å². The molecule has 1 amide bonds. The summed E-state index contributed by atoms with van der Waals surface area (Å²) in [5.74, 6) is -0.362. The molecule has 5 rings (SSSR count). The number of aryl methyl sites for hydroxylation is 3. The fourth-order valence-electron chi connectivity index (χ4n) is 5.11. The number of hydrogen-bond acceptors (Lipinski definition) is 6. The van der Waals surface area contributed by atoms with E-state index in [0.717, 1.165) is 22.3 Å². The number of benzene rings is 3. The number of rotatable bonds is 9. The first-order valence-electron chi connectivity index (χ1n) is 14.1. The molecule has 0 saturated carbocycles. The molecule has 226 valence electrons.